The van der Waals surface area contributed by atoms with E-state index in [1.807, 2.05) is 19.9 Å². The summed E-state index contributed by atoms with van der Waals surface area (Å²) in [5.74, 6) is 2.01. The Morgan fingerprint density at radius 1 is 0.964 bits per heavy atom. The van der Waals surface area contributed by atoms with Crippen molar-refractivity contribution in [3.8, 4) is 0 Å². The number of rotatable bonds is 3. The molecule has 2 aromatic heterocycles. The molecule has 3 heterocycles. The number of nitrogens with zero attached hydrogens (tertiary/aromatic N) is 5. The molecule has 0 atom stereocenters. The van der Waals surface area contributed by atoms with Crippen LogP contribution in [0.3, 0.4) is 0 Å². The van der Waals surface area contributed by atoms with Gasteiger partial charge in [0.25, 0.3) is 0 Å². The fourth-order valence-corrected chi connectivity index (χ4v) is 4.13. The van der Waals surface area contributed by atoms with E-state index in [4.69, 9.17) is 14.7 Å². The molecule has 5 rings (SSSR count). The molecule has 144 valence electrons. The first-order valence-corrected chi connectivity index (χ1v) is 9.92. The van der Waals surface area contributed by atoms with Crippen LogP contribution in [0, 0.1) is 13.8 Å². The van der Waals surface area contributed by atoms with E-state index in [0.717, 1.165) is 67.3 Å². The average Bonchev–Trinajstić information content (AvgIpc) is 3.18. The molecule has 1 saturated heterocycles. The number of aromatic nitrogens is 4. The Labute approximate surface area is 164 Å². The molecule has 7 nitrogen and oxygen atoms in total. The Bertz CT molecular complexity index is 1040. The SMILES string of the molecule is Cc1cc(N2CCOCC2)nc(Nc2nc(C)c3ccc4c(c3n2)CCC4)n1. The molecule has 0 spiro atoms. The Hall–Kier alpha value is -2.80. The van der Waals surface area contributed by atoms with Gasteiger partial charge in [0.2, 0.25) is 11.9 Å². The van der Waals surface area contributed by atoms with Crippen molar-refractivity contribution in [2.24, 2.45) is 0 Å². The third-order valence-corrected chi connectivity index (χ3v) is 5.53. The summed E-state index contributed by atoms with van der Waals surface area (Å²) >= 11 is 0. The van der Waals surface area contributed by atoms with E-state index in [9.17, 15) is 0 Å². The van der Waals surface area contributed by atoms with Gasteiger partial charge >= 0.3 is 0 Å². The fraction of sp³-hybridized carbons (Fsp3) is 0.429. The van der Waals surface area contributed by atoms with Crippen molar-refractivity contribution in [2.75, 3.05) is 36.5 Å². The quantitative estimate of drug-likeness (QED) is 0.753. The summed E-state index contributed by atoms with van der Waals surface area (Å²) in [6.45, 7) is 7.15. The van der Waals surface area contributed by atoms with Gasteiger partial charge in [0.1, 0.15) is 5.82 Å². The highest BCUT2D eigenvalue weighted by Crippen LogP contribution is 2.30. The molecule has 1 aromatic carbocycles. The van der Waals surface area contributed by atoms with Crippen LogP contribution in [0.25, 0.3) is 10.9 Å². The summed E-state index contributed by atoms with van der Waals surface area (Å²) < 4.78 is 5.45. The van der Waals surface area contributed by atoms with E-state index in [-0.39, 0.29) is 0 Å². The molecule has 1 aliphatic carbocycles. The highest BCUT2D eigenvalue weighted by Gasteiger charge is 2.18. The molecule has 7 heteroatoms. The molecule has 0 saturated carbocycles. The first-order valence-electron chi connectivity index (χ1n) is 9.92. The van der Waals surface area contributed by atoms with Crippen LogP contribution in [0.4, 0.5) is 17.7 Å². The minimum Gasteiger partial charge on any atom is -0.378 e. The molecule has 1 fully saturated rings. The van der Waals surface area contributed by atoms with Gasteiger partial charge in [-0.3, -0.25) is 5.32 Å². The predicted molar refractivity (Wildman–Crippen MR) is 109 cm³/mol. The van der Waals surface area contributed by atoms with Gasteiger partial charge in [-0.25, -0.2) is 15.0 Å². The van der Waals surface area contributed by atoms with Crippen LogP contribution < -0.4 is 10.2 Å². The van der Waals surface area contributed by atoms with Gasteiger partial charge in [-0.05, 0) is 44.2 Å². The molecular weight excluding hydrogens is 352 g/mol. The van der Waals surface area contributed by atoms with E-state index in [0.29, 0.717) is 11.9 Å². The van der Waals surface area contributed by atoms with Gasteiger partial charge in [-0.1, -0.05) is 12.1 Å². The van der Waals surface area contributed by atoms with Gasteiger partial charge < -0.3 is 9.64 Å². The number of hydrogen-bond donors (Lipinski definition) is 1. The summed E-state index contributed by atoms with van der Waals surface area (Å²) in [4.78, 5) is 21.0. The van der Waals surface area contributed by atoms with Crippen molar-refractivity contribution in [1.82, 2.24) is 19.9 Å². The average molecular weight is 376 g/mol. The molecule has 0 bridgehead atoms. The van der Waals surface area contributed by atoms with E-state index >= 15 is 0 Å². The molecule has 2 aliphatic rings. The van der Waals surface area contributed by atoms with Crippen molar-refractivity contribution in [3.63, 3.8) is 0 Å². The van der Waals surface area contributed by atoms with Crippen LogP contribution in [0.5, 0.6) is 0 Å². The smallest absolute Gasteiger partial charge is 0.231 e. The maximum atomic E-state index is 5.45. The lowest BCUT2D eigenvalue weighted by atomic mass is 10.0. The number of morpholine rings is 1. The Kier molecular flexibility index (Phi) is 4.31. The summed E-state index contributed by atoms with van der Waals surface area (Å²) in [5.41, 5.74) is 5.73. The maximum Gasteiger partial charge on any atom is 0.231 e. The Balaban J connectivity index is 1.51. The van der Waals surface area contributed by atoms with Gasteiger partial charge in [-0.15, -0.1) is 0 Å². The number of anilines is 3. The van der Waals surface area contributed by atoms with E-state index in [1.165, 1.54) is 17.5 Å². The van der Waals surface area contributed by atoms with Crippen LogP contribution in [0.2, 0.25) is 0 Å². The highest BCUT2D eigenvalue weighted by atomic mass is 16.5. The topological polar surface area (TPSA) is 76.1 Å². The third-order valence-electron chi connectivity index (χ3n) is 5.53. The Morgan fingerprint density at radius 2 is 1.79 bits per heavy atom. The molecule has 1 N–H and O–H groups in total. The van der Waals surface area contributed by atoms with Crippen LogP contribution >= 0.6 is 0 Å². The highest BCUT2D eigenvalue weighted by molar-refractivity contribution is 5.86. The fourth-order valence-electron chi connectivity index (χ4n) is 4.13. The largest absolute Gasteiger partial charge is 0.378 e. The van der Waals surface area contributed by atoms with Crippen LogP contribution in [0.1, 0.15) is 28.9 Å². The first kappa shape index (κ1) is 17.3. The lowest BCUT2D eigenvalue weighted by molar-refractivity contribution is 0.122. The second kappa shape index (κ2) is 6.98. The predicted octanol–water partition coefficient (Wildman–Crippen LogP) is 3.11. The van der Waals surface area contributed by atoms with Crippen molar-refractivity contribution < 1.29 is 4.74 Å². The third kappa shape index (κ3) is 3.16. The summed E-state index contributed by atoms with van der Waals surface area (Å²) in [6.07, 6.45) is 3.43. The normalized spacial score (nSPS) is 16.4. The van der Waals surface area contributed by atoms with E-state index in [1.54, 1.807) is 0 Å². The lowest BCUT2D eigenvalue weighted by Crippen LogP contribution is -2.36. The van der Waals surface area contributed by atoms with Gasteiger partial charge in [-0.2, -0.15) is 4.98 Å². The van der Waals surface area contributed by atoms with Crippen LogP contribution in [0.15, 0.2) is 18.2 Å². The number of hydrogen-bond acceptors (Lipinski definition) is 7. The standard InChI is InChI=1S/C21H24N6O/c1-13-12-18(27-8-10-28-11-9-27)24-20(22-13)26-21-23-14(2)16-7-6-15-4-3-5-17(15)19(16)25-21/h6-7,12H,3-5,8-11H2,1-2H3,(H,22,23,24,25,26). The molecule has 28 heavy (non-hydrogen) atoms. The van der Waals surface area contributed by atoms with Crippen molar-refractivity contribution in [3.05, 3.63) is 40.7 Å². The minimum atomic E-state index is 0.535. The zero-order chi connectivity index (χ0) is 19.1. The summed E-state index contributed by atoms with van der Waals surface area (Å²) in [5, 5.41) is 4.38. The second-order valence-corrected chi connectivity index (χ2v) is 7.50. The van der Waals surface area contributed by atoms with Gasteiger partial charge in [0, 0.05) is 30.2 Å². The zero-order valence-electron chi connectivity index (χ0n) is 16.3. The van der Waals surface area contributed by atoms with E-state index in [2.05, 4.69) is 32.3 Å². The molecule has 1 aliphatic heterocycles. The summed E-state index contributed by atoms with van der Waals surface area (Å²) in [6, 6.07) is 6.39. The maximum absolute atomic E-state index is 5.45. The Morgan fingerprint density at radius 3 is 2.64 bits per heavy atom. The number of aryl methyl sites for hydroxylation is 4. The van der Waals surface area contributed by atoms with Crippen molar-refractivity contribution in [1.29, 1.82) is 0 Å². The summed E-state index contributed by atoms with van der Waals surface area (Å²) in [7, 11) is 0. The minimum absolute atomic E-state index is 0.535. The first-order chi connectivity index (χ1) is 13.7. The van der Waals surface area contributed by atoms with Crippen molar-refractivity contribution in [2.45, 2.75) is 33.1 Å². The number of fused-ring (bicyclic) bond motifs is 3. The van der Waals surface area contributed by atoms with Crippen LogP contribution in [-0.4, -0.2) is 46.2 Å². The molecule has 0 radical (unpaired) electrons. The van der Waals surface area contributed by atoms with Crippen molar-refractivity contribution >= 4 is 28.6 Å². The molecular formula is C21H24N6O. The zero-order valence-corrected chi connectivity index (χ0v) is 16.3. The molecule has 0 unspecified atom stereocenters. The number of nitrogens with one attached hydrogen (secondary N) is 1. The van der Waals surface area contributed by atoms with Gasteiger partial charge in [0.15, 0.2) is 0 Å². The van der Waals surface area contributed by atoms with Crippen LogP contribution in [-0.2, 0) is 17.6 Å². The molecule has 0 amide bonds. The number of ether oxygens (including phenoxy) is 1. The lowest BCUT2D eigenvalue weighted by Gasteiger charge is -2.28. The number of benzene rings is 1. The van der Waals surface area contributed by atoms with Gasteiger partial charge in [0.05, 0.1) is 24.4 Å². The van der Waals surface area contributed by atoms with E-state index < -0.39 is 0 Å². The second-order valence-electron chi connectivity index (χ2n) is 7.50. The molecule has 3 aromatic rings. The monoisotopic (exact) mass is 376 g/mol.